The summed E-state index contributed by atoms with van der Waals surface area (Å²) in [5.41, 5.74) is 2.41. The van der Waals surface area contributed by atoms with E-state index in [1.54, 1.807) is 18.2 Å². The van der Waals surface area contributed by atoms with Gasteiger partial charge >= 0.3 is 0 Å². The Morgan fingerprint density at radius 1 is 0.903 bits per heavy atom. The second kappa shape index (κ2) is 7.69. The predicted octanol–water partition coefficient (Wildman–Crippen LogP) is 7.09. The molecule has 0 spiro atoms. The Morgan fingerprint density at radius 2 is 1.58 bits per heavy atom. The lowest BCUT2D eigenvalue weighted by Gasteiger charge is -2.06. The molecule has 1 amide bonds. The summed E-state index contributed by atoms with van der Waals surface area (Å²) in [6, 6.07) is 22.0. The lowest BCUT2D eigenvalue weighted by molar-refractivity contribution is 0.101. The molecule has 4 nitrogen and oxygen atoms in total. The normalized spacial score (nSPS) is 11.2. The van der Waals surface area contributed by atoms with E-state index in [1.165, 1.54) is 11.3 Å². The molecule has 2 heterocycles. The smallest absolute Gasteiger partial charge is 0.267 e. The van der Waals surface area contributed by atoms with Crippen molar-refractivity contribution in [2.45, 2.75) is 6.92 Å². The fourth-order valence-electron chi connectivity index (χ4n) is 3.50. The van der Waals surface area contributed by atoms with Gasteiger partial charge in [-0.1, -0.05) is 71.8 Å². The van der Waals surface area contributed by atoms with Crippen molar-refractivity contribution in [1.29, 1.82) is 0 Å². The van der Waals surface area contributed by atoms with Crippen LogP contribution in [0.4, 0.5) is 5.69 Å². The first kappa shape index (κ1) is 19.5. The molecule has 0 atom stereocenters. The first-order chi connectivity index (χ1) is 15.0. The van der Waals surface area contributed by atoms with Crippen molar-refractivity contribution >= 4 is 61.4 Å². The van der Waals surface area contributed by atoms with Crippen molar-refractivity contribution in [3.05, 3.63) is 99.6 Å². The number of fused-ring (bicyclic) bond motifs is 2. The standard InChI is InChI=1S/C25H16ClNO3S/c1-14-10-12-15(13-11-14)22(28)23-21(16-6-2-4-8-18(16)30-23)27-25(29)24-20(26)17-7-3-5-9-19(17)31-24/h2-13H,1H3,(H,27,29). The number of furan rings is 1. The van der Waals surface area contributed by atoms with Crippen molar-refractivity contribution in [3.63, 3.8) is 0 Å². The van der Waals surface area contributed by atoms with E-state index in [4.69, 9.17) is 16.0 Å². The number of carbonyl (C=O) groups is 2. The van der Waals surface area contributed by atoms with Crippen LogP contribution in [0.3, 0.4) is 0 Å². The lowest BCUT2D eigenvalue weighted by Crippen LogP contribution is -2.13. The molecule has 0 aliphatic rings. The maximum absolute atomic E-state index is 13.2. The minimum atomic E-state index is -0.379. The van der Waals surface area contributed by atoms with Gasteiger partial charge in [0, 0.05) is 21.0 Å². The summed E-state index contributed by atoms with van der Waals surface area (Å²) in [6.07, 6.45) is 0. The summed E-state index contributed by atoms with van der Waals surface area (Å²) in [6.45, 7) is 1.95. The number of benzene rings is 3. The van der Waals surface area contributed by atoms with Crippen molar-refractivity contribution in [1.82, 2.24) is 0 Å². The number of carbonyl (C=O) groups excluding carboxylic acids is 2. The number of thiophene rings is 1. The zero-order valence-electron chi connectivity index (χ0n) is 16.4. The third-order valence-electron chi connectivity index (χ3n) is 5.10. The number of rotatable bonds is 4. The zero-order chi connectivity index (χ0) is 21.5. The van der Waals surface area contributed by atoms with E-state index >= 15 is 0 Å². The van der Waals surface area contributed by atoms with E-state index < -0.39 is 0 Å². The summed E-state index contributed by atoms with van der Waals surface area (Å²) in [5.74, 6) is -0.583. The molecule has 0 aliphatic carbocycles. The van der Waals surface area contributed by atoms with Crippen molar-refractivity contribution in [2.75, 3.05) is 5.32 Å². The van der Waals surface area contributed by atoms with E-state index in [-0.39, 0.29) is 17.5 Å². The van der Waals surface area contributed by atoms with Gasteiger partial charge in [0.2, 0.25) is 5.78 Å². The second-order valence-electron chi connectivity index (χ2n) is 7.19. The molecule has 31 heavy (non-hydrogen) atoms. The number of aryl methyl sites for hydroxylation is 1. The van der Waals surface area contributed by atoms with Gasteiger partial charge in [0.05, 0.1) is 10.7 Å². The van der Waals surface area contributed by atoms with Gasteiger partial charge in [-0.3, -0.25) is 9.59 Å². The van der Waals surface area contributed by atoms with E-state index in [1.807, 2.05) is 61.5 Å². The third kappa shape index (κ3) is 3.42. The molecule has 3 aromatic carbocycles. The molecule has 2 aromatic heterocycles. The first-order valence-corrected chi connectivity index (χ1v) is 10.8. The monoisotopic (exact) mass is 445 g/mol. The molecular weight excluding hydrogens is 430 g/mol. The Bertz CT molecular complexity index is 1460. The van der Waals surface area contributed by atoms with Gasteiger partial charge in [-0.05, 0) is 25.1 Å². The quantitative estimate of drug-likeness (QED) is 0.300. The molecule has 0 bridgehead atoms. The number of hydrogen-bond acceptors (Lipinski definition) is 4. The van der Waals surface area contributed by atoms with Crippen LogP contribution in [0.15, 0.2) is 77.2 Å². The summed E-state index contributed by atoms with van der Waals surface area (Å²) < 4.78 is 6.80. The van der Waals surface area contributed by atoms with Gasteiger partial charge in [0.1, 0.15) is 10.5 Å². The molecule has 6 heteroatoms. The average molecular weight is 446 g/mol. The summed E-state index contributed by atoms with van der Waals surface area (Å²) >= 11 is 7.79. The van der Waals surface area contributed by atoms with Crippen LogP contribution in [0.25, 0.3) is 21.1 Å². The largest absolute Gasteiger partial charge is 0.450 e. The molecule has 0 unspecified atom stereocenters. The van der Waals surface area contributed by atoms with Crippen molar-refractivity contribution in [3.8, 4) is 0 Å². The number of ketones is 1. The maximum atomic E-state index is 13.2. The molecule has 0 saturated heterocycles. The van der Waals surface area contributed by atoms with Crippen LogP contribution in [-0.4, -0.2) is 11.7 Å². The van der Waals surface area contributed by atoms with Gasteiger partial charge in [0.25, 0.3) is 5.91 Å². The van der Waals surface area contributed by atoms with E-state index in [0.29, 0.717) is 32.1 Å². The zero-order valence-corrected chi connectivity index (χ0v) is 18.0. The van der Waals surface area contributed by atoms with Crippen LogP contribution in [0, 0.1) is 6.92 Å². The number of hydrogen-bond donors (Lipinski definition) is 1. The second-order valence-corrected chi connectivity index (χ2v) is 8.62. The van der Waals surface area contributed by atoms with Gasteiger partial charge in [-0.25, -0.2) is 0 Å². The number of amides is 1. The highest BCUT2D eigenvalue weighted by atomic mass is 35.5. The number of anilines is 1. The Balaban J connectivity index is 1.59. The summed E-state index contributed by atoms with van der Waals surface area (Å²) in [4.78, 5) is 26.8. The lowest BCUT2D eigenvalue weighted by atomic mass is 10.1. The topological polar surface area (TPSA) is 59.3 Å². The Labute approximate surface area is 187 Å². The minimum absolute atomic E-state index is 0.0932. The Hall–Kier alpha value is -3.41. The molecule has 0 saturated carbocycles. The molecule has 1 N–H and O–H groups in total. The van der Waals surface area contributed by atoms with Crippen molar-refractivity contribution in [2.24, 2.45) is 0 Å². The first-order valence-electron chi connectivity index (χ1n) is 9.64. The van der Waals surface area contributed by atoms with Crippen LogP contribution >= 0.6 is 22.9 Å². The molecule has 5 aromatic rings. The van der Waals surface area contributed by atoms with Gasteiger partial charge < -0.3 is 9.73 Å². The predicted molar refractivity (Wildman–Crippen MR) is 126 cm³/mol. The molecule has 152 valence electrons. The average Bonchev–Trinajstić information content (AvgIpc) is 3.32. The van der Waals surface area contributed by atoms with E-state index in [2.05, 4.69) is 5.32 Å². The highest BCUT2D eigenvalue weighted by molar-refractivity contribution is 7.21. The third-order valence-corrected chi connectivity index (χ3v) is 6.77. The minimum Gasteiger partial charge on any atom is -0.450 e. The number of para-hydroxylation sites is 1. The van der Waals surface area contributed by atoms with E-state index in [9.17, 15) is 9.59 Å². The number of nitrogens with one attached hydrogen (secondary N) is 1. The van der Waals surface area contributed by atoms with Crippen LogP contribution in [0.1, 0.15) is 31.4 Å². The fraction of sp³-hybridized carbons (Fsp3) is 0.0400. The van der Waals surface area contributed by atoms with Crippen LogP contribution in [0.2, 0.25) is 5.02 Å². The number of halogens is 1. The fourth-order valence-corrected chi connectivity index (χ4v) is 4.91. The van der Waals surface area contributed by atoms with E-state index in [0.717, 1.165) is 15.6 Å². The van der Waals surface area contributed by atoms with Crippen molar-refractivity contribution < 1.29 is 14.0 Å². The highest BCUT2D eigenvalue weighted by Gasteiger charge is 2.25. The molecule has 5 rings (SSSR count). The molecular formula is C25H16ClNO3S. The molecule has 0 fully saturated rings. The molecule has 0 aliphatic heterocycles. The Kier molecular flexibility index (Phi) is 4.85. The van der Waals surface area contributed by atoms with Crippen LogP contribution in [-0.2, 0) is 0 Å². The summed E-state index contributed by atoms with van der Waals surface area (Å²) in [7, 11) is 0. The molecule has 0 radical (unpaired) electrons. The highest BCUT2D eigenvalue weighted by Crippen LogP contribution is 2.37. The van der Waals surface area contributed by atoms with Gasteiger partial charge in [-0.2, -0.15) is 0 Å². The summed E-state index contributed by atoms with van der Waals surface area (Å²) in [5, 5.41) is 4.77. The van der Waals surface area contributed by atoms with Crippen LogP contribution in [0.5, 0.6) is 0 Å². The van der Waals surface area contributed by atoms with Crippen LogP contribution < -0.4 is 5.32 Å². The maximum Gasteiger partial charge on any atom is 0.267 e. The van der Waals surface area contributed by atoms with Gasteiger partial charge in [-0.15, -0.1) is 11.3 Å². The SMILES string of the molecule is Cc1ccc(C(=O)c2oc3ccccc3c2NC(=O)c2sc3ccccc3c2Cl)cc1. The van der Waals surface area contributed by atoms with Gasteiger partial charge in [0.15, 0.2) is 5.76 Å². The Morgan fingerprint density at radius 3 is 2.32 bits per heavy atom.